The first-order valence-electron chi connectivity index (χ1n) is 3.89. The zero-order valence-corrected chi connectivity index (χ0v) is 6.60. The van der Waals surface area contributed by atoms with Crippen LogP contribution in [0.4, 0.5) is 0 Å². The summed E-state index contributed by atoms with van der Waals surface area (Å²) in [7, 11) is 0. The molecule has 1 aliphatic heterocycles. The fourth-order valence-corrected chi connectivity index (χ4v) is 1.21. The SMILES string of the molecule is NC1CON=C1c1ccccc1. The summed E-state index contributed by atoms with van der Waals surface area (Å²) in [4.78, 5) is 4.89. The molecule has 1 aromatic rings. The minimum absolute atomic E-state index is 0.0765. The van der Waals surface area contributed by atoms with Crippen molar-refractivity contribution in [3.63, 3.8) is 0 Å². The number of hydrogen-bond acceptors (Lipinski definition) is 3. The molecule has 0 radical (unpaired) electrons. The minimum atomic E-state index is -0.0765. The summed E-state index contributed by atoms with van der Waals surface area (Å²) in [5.74, 6) is 0. The maximum atomic E-state index is 5.76. The van der Waals surface area contributed by atoms with Gasteiger partial charge in [0.05, 0.1) is 6.04 Å². The second-order valence-corrected chi connectivity index (χ2v) is 2.74. The Kier molecular flexibility index (Phi) is 1.80. The van der Waals surface area contributed by atoms with Gasteiger partial charge in [-0.3, -0.25) is 0 Å². The van der Waals surface area contributed by atoms with E-state index < -0.39 is 0 Å². The smallest absolute Gasteiger partial charge is 0.138 e. The molecule has 2 N–H and O–H groups in total. The van der Waals surface area contributed by atoms with E-state index in [4.69, 9.17) is 10.6 Å². The quantitative estimate of drug-likeness (QED) is 0.662. The second kappa shape index (κ2) is 2.95. The van der Waals surface area contributed by atoms with E-state index >= 15 is 0 Å². The van der Waals surface area contributed by atoms with Crippen LogP contribution in [0.1, 0.15) is 5.56 Å². The molecule has 1 aliphatic rings. The highest BCUT2D eigenvalue weighted by atomic mass is 16.6. The Morgan fingerprint density at radius 2 is 2.08 bits per heavy atom. The van der Waals surface area contributed by atoms with Gasteiger partial charge in [0.15, 0.2) is 0 Å². The molecule has 1 aromatic carbocycles. The van der Waals surface area contributed by atoms with Gasteiger partial charge in [0.2, 0.25) is 0 Å². The zero-order valence-electron chi connectivity index (χ0n) is 6.60. The van der Waals surface area contributed by atoms with Gasteiger partial charge in [0.25, 0.3) is 0 Å². The van der Waals surface area contributed by atoms with Crippen LogP contribution >= 0.6 is 0 Å². The Balaban J connectivity index is 2.31. The number of nitrogens with two attached hydrogens (primary N) is 1. The molecule has 0 aliphatic carbocycles. The molecule has 1 atom stereocenters. The Morgan fingerprint density at radius 1 is 1.33 bits per heavy atom. The van der Waals surface area contributed by atoms with E-state index in [0.29, 0.717) is 6.61 Å². The van der Waals surface area contributed by atoms with Crippen LogP contribution in [0.2, 0.25) is 0 Å². The molecule has 0 aromatic heterocycles. The first-order chi connectivity index (χ1) is 5.88. The van der Waals surface area contributed by atoms with E-state index in [9.17, 15) is 0 Å². The third-order valence-electron chi connectivity index (χ3n) is 1.84. The van der Waals surface area contributed by atoms with Crippen molar-refractivity contribution in [3.8, 4) is 0 Å². The van der Waals surface area contributed by atoms with Gasteiger partial charge in [-0.15, -0.1) is 0 Å². The van der Waals surface area contributed by atoms with Crippen molar-refractivity contribution in [1.82, 2.24) is 0 Å². The van der Waals surface area contributed by atoms with Gasteiger partial charge in [-0.05, 0) is 0 Å². The van der Waals surface area contributed by atoms with Crippen molar-refractivity contribution in [1.29, 1.82) is 0 Å². The lowest BCUT2D eigenvalue weighted by molar-refractivity contribution is 0.167. The largest absolute Gasteiger partial charge is 0.393 e. The summed E-state index contributed by atoms with van der Waals surface area (Å²) in [6.45, 7) is 0.490. The Hall–Kier alpha value is -1.35. The minimum Gasteiger partial charge on any atom is -0.393 e. The summed E-state index contributed by atoms with van der Waals surface area (Å²) in [6.07, 6.45) is 0. The molecular weight excluding hydrogens is 152 g/mol. The summed E-state index contributed by atoms with van der Waals surface area (Å²) < 4.78 is 0. The number of nitrogens with zero attached hydrogens (tertiary/aromatic N) is 1. The number of hydrogen-bond donors (Lipinski definition) is 1. The van der Waals surface area contributed by atoms with E-state index in [2.05, 4.69) is 5.16 Å². The third kappa shape index (κ3) is 1.19. The van der Waals surface area contributed by atoms with E-state index in [1.165, 1.54) is 0 Å². The lowest BCUT2D eigenvalue weighted by Crippen LogP contribution is -2.30. The highest BCUT2D eigenvalue weighted by Gasteiger charge is 2.19. The van der Waals surface area contributed by atoms with Gasteiger partial charge in [-0.25, -0.2) is 0 Å². The Labute approximate surface area is 70.8 Å². The molecule has 0 saturated carbocycles. The van der Waals surface area contributed by atoms with Gasteiger partial charge >= 0.3 is 0 Å². The predicted octanol–water partition coefficient (Wildman–Crippen LogP) is 0.748. The molecule has 62 valence electrons. The molecule has 1 unspecified atom stereocenters. The van der Waals surface area contributed by atoms with Crippen molar-refractivity contribution >= 4 is 5.71 Å². The molecule has 3 nitrogen and oxygen atoms in total. The van der Waals surface area contributed by atoms with Crippen molar-refractivity contribution in [3.05, 3.63) is 35.9 Å². The van der Waals surface area contributed by atoms with Crippen LogP contribution in [-0.2, 0) is 4.84 Å². The van der Waals surface area contributed by atoms with E-state index in [0.717, 1.165) is 11.3 Å². The molecular formula is C9H10N2O. The van der Waals surface area contributed by atoms with Gasteiger partial charge in [-0.2, -0.15) is 0 Å². The summed E-state index contributed by atoms with van der Waals surface area (Å²) in [5.41, 5.74) is 7.64. The van der Waals surface area contributed by atoms with Crippen molar-refractivity contribution in [2.45, 2.75) is 6.04 Å². The first-order valence-corrected chi connectivity index (χ1v) is 3.89. The molecule has 0 saturated heterocycles. The van der Waals surface area contributed by atoms with Gasteiger partial charge in [0, 0.05) is 5.56 Å². The maximum Gasteiger partial charge on any atom is 0.138 e. The van der Waals surface area contributed by atoms with Crippen molar-refractivity contribution in [2.24, 2.45) is 10.9 Å². The highest BCUT2D eigenvalue weighted by molar-refractivity contribution is 6.04. The van der Waals surface area contributed by atoms with Crippen LogP contribution < -0.4 is 5.73 Å². The van der Waals surface area contributed by atoms with Crippen LogP contribution in [0.5, 0.6) is 0 Å². The fourth-order valence-electron chi connectivity index (χ4n) is 1.21. The molecule has 3 heteroatoms. The van der Waals surface area contributed by atoms with Gasteiger partial charge in [0.1, 0.15) is 12.3 Å². The normalized spacial score (nSPS) is 21.8. The van der Waals surface area contributed by atoms with E-state index in [1.807, 2.05) is 30.3 Å². The topological polar surface area (TPSA) is 47.6 Å². The van der Waals surface area contributed by atoms with Crippen LogP contribution in [0, 0.1) is 0 Å². The van der Waals surface area contributed by atoms with Gasteiger partial charge < -0.3 is 10.6 Å². The van der Waals surface area contributed by atoms with Crippen LogP contribution in [0.25, 0.3) is 0 Å². The van der Waals surface area contributed by atoms with E-state index in [1.54, 1.807) is 0 Å². The number of benzene rings is 1. The first kappa shape index (κ1) is 7.31. The monoisotopic (exact) mass is 162 g/mol. The van der Waals surface area contributed by atoms with Gasteiger partial charge in [-0.1, -0.05) is 35.5 Å². The molecule has 12 heavy (non-hydrogen) atoms. The number of rotatable bonds is 1. The Morgan fingerprint density at radius 3 is 2.67 bits per heavy atom. The summed E-state index contributed by atoms with van der Waals surface area (Å²) >= 11 is 0. The third-order valence-corrected chi connectivity index (χ3v) is 1.84. The lowest BCUT2D eigenvalue weighted by atomic mass is 10.1. The Bertz CT molecular complexity index is 295. The summed E-state index contributed by atoms with van der Waals surface area (Å²) in [6, 6.07) is 9.77. The molecule has 0 amide bonds. The lowest BCUT2D eigenvalue weighted by Gasteiger charge is -2.02. The standard InChI is InChI=1S/C9H10N2O/c10-8-6-12-11-9(8)7-4-2-1-3-5-7/h1-5,8H,6,10H2. The highest BCUT2D eigenvalue weighted by Crippen LogP contribution is 2.09. The molecule has 2 rings (SSSR count). The average molecular weight is 162 g/mol. The average Bonchev–Trinajstić information content (AvgIpc) is 2.53. The van der Waals surface area contributed by atoms with Crippen molar-refractivity contribution in [2.75, 3.05) is 6.61 Å². The second-order valence-electron chi connectivity index (χ2n) is 2.74. The van der Waals surface area contributed by atoms with Crippen LogP contribution in [0.15, 0.2) is 35.5 Å². The molecule has 1 heterocycles. The van der Waals surface area contributed by atoms with Crippen LogP contribution in [0.3, 0.4) is 0 Å². The van der Waals surface area contributed by atoms with Crippen LogP contribution in [-0.4, -0.2) is 18.4 Å². The van der Waals surface area contributed by atoms with E-state index in [-0.39, 0.29) is 6.04 Å². The zero-order chi connectivity index (χ0) is 8.39. The predicted molar refractivity (Wildman–Crippen MR) is 46.9 cm³/mol. The fraction of sp³-hybridized carbons (Fsp3) is 0.222. The maximum absolute atomic E-state index is 5.76. The molecule has 0 bridgehead atoms. The van der Waals surface area contributed by atoms with Crippen molar-refractivity contribution < 1.29 is 4.84 Å². The molecule has 0 fully saturated rings. The summed E-state index contributed by atoms with van der Waals surface area (Å²) in [5, 5.41) is 3.88. The number of oxime groups is 1. The molecule has 0 spiro atoms.